The number of nitrogens with one attached hydrogen (secondary N) is 1. The largest absolute Gasteiger partial charge is 0.316 e. The van der Waals surface area contributed by atoms with Crippen molar-refractivity contribution in [3.05, 3.63) is 50.9 Å². The van der Waals surface area contributed by atoms with Gasteiger partial charge in [0.15, 0.2) is 0 Å². The predicted molar refractivity (Wildman–Crippen MR) is 93.7 cm³/mol. The maximum absolute atomic E-state index is 5.93. The Morgan fingerprint density at radius 1 is 1.36 bits per heavy atom. The van der Waals surface area contributed by atoms with Crippen molar-refractivity contribution in [2.24, 2.45) is 0 Å². The van der Waals surface area contributed by atoms with Gasteiger partial charge in [-0.1, -0.05) is 23.7 Å². The quantitative estimate of drug-likeness (QED) is 0.905. The van der Waals surface area contributed by atoms with Gasteiger partial charge in [0.25, 0.3) is 0 Å². The van der Waals surface area contributed by atoms with Crippen LogP contribution in [0.15, 0.2) is 29.6 Å². The summed E-state index contributed by atoms with van der Waals surface area (Å²) in [5, 5.41) is 7.56. The molecule has 0 spiro atoms. The number of benzene rings is 1. The summed E-state index contributed by atoms with van der Waals surface area (Å²) in [6.45, 7) is 3.28. The third-order valence-electron chi connectivity index (χ3n) is 4.17. The molecule has 0 aliphatic carbocycles. The van der Waals surface area contributed by atoms with E-state index in [1.165, 1.54) is 35.7 Å². The Morgan fingerprint density at radius 3 is 2.95 bits per heavy atom. The van der Waals surface area contributed by atoms with Crippen LogP contribution in [-0.2, 0) is 13.0 Å². The lowest BCUT2D eigenvalue weighted by molar-refractivity contribution is 0.186. The van der Waals surface area contributed by atoms with Crippen molar-refractivity contribution in [1.29, 1.82) is 0 Å². The molecule has 3 nitrogen and oxygen atoms in total. The lowest BCUT2D eigenvalue weighted by Crippen LogP contribution is -2.43. The van der Waals surface area contributed by atoms with Crippen molar-refractivity contribution in [2.75, 3.05) is 20.1 Å². The number of thiazole rings is 1. The standard InChI is InChI=1S/C17H22ClN3S/c1-19-15-3-2-8-21(10-15)11-16-12-22-17(20-16)9-13-4-6-14(18)7-5-13/h4-7,12,15,19H,2-3,8-11H2,1H3. The van der Waals surface area contributed by atoms with Gasteiger partial charge < -0.3 is 5.32 Å². The zero-order chi connectivity index (χ0) is 15.4. The first kappa shape index (κ1) is 15.9. The fraction of sp³-hybridized carbons (Fsp3) is 0.471. The minimum Gasteiger partial charge on any atom is -0.316 e. The Balaban J connectivity index is 1.58. The fourth-order valence-corrected chi connectivity index (χ4v) is 3.89. The molecule has 1 atom stereocenters. The first-order valence-electron chi connectivity index (χ1n) is 7.80. The zero-order valence-corrected chi connectivity index (χ0v) is 14.5. The summed E-state index contributed by atoms with van der Waals surface area (Å²) < 4.78 is 0. The Morgan fingerprint density at radius 2 is 2.18 bits per heavy atom. The monoisotopic (exact) mass is 335 g/mol. The highest BCUT2D eigenvalue weighted by Crippen LogP contribution is 2.19. The molecular weight excluding hydrogens is 314 g/mol. The number of piperidine rings is 1. The molecule has 0 saturated carbocycles. The number of rotatable bonds is 5. The summed E-state index contributed by atoms with van der Waals surface area (Å²) in [7, 11) is 2.06. The van der Waals surface area contributed by atoms with E-state index in [1.807, 2.05) is 12.1 Å². The van der Waals surface area contributed by atoms with Crippen LogP contribution in [-0.4, -0.2) is 36.1 Å². The summed E-state index contributed by atoms with van der Waals surface area (Å²) in [6, 6.07) is 8.66. The van der Waals surface area contributed by atoms with E-state index in [2.05, 4.69) is 34.8 Å². The number of hydrogen-bond acceptors (Lipinski definition) is 4. The van der Waals surface area contributed by atoms with Gasteiger partial charge in [0, 0.05) is 36.0 Å². The van der Waals surface area contributed by atoms with Crippen LogP contribution in [0.4, 0.5) is 0 Å². The highest BCUT2D eigenvalue weighted by Gasteiger charge is 2.19. The number of likely N-dealkylation sites (tertiary alicyclic amines) is 1. The molecule has 1 saturated heterocycles. The minimum absolute atomic E-state index is 0.626. The van der Waals surface area contributed by atoms with Gasteiger partial charge in [-0.15, -0.1) is 11.3 Å². The van der Waals surface area contributed by atoms with E-state index >= 15 is 0 Å². The molecule has 1 aliphatic heterocycles. The number of aromatic nitrogens is 1. The normalized spacial score (nSPS) is 19.5. The Kier molecular flexibility index (Phi) is 5.47. The van der Waals surface area contributed by atoms with E-state index in [0.29, 0.717) is 6.04 Å². The van der Waals surface area contributed by atoms with Crippen LogP contribution in [0.5, 0.6) is 0 Å². The number of halogens is 1. The van der Waals surface area contributed by atoms with Crippen LogP contribution in [0, 0.1) is 0 Å². The van der Waals surface area contributed by atoms with Crippen LogP contribution in [0.25, 0.3) is 0 Å². The van der Waals surface area contributed by atoms with E-state index in [-0.39, 0.29) is 0 Å². The van der Waals surface area contributed by atoms with Crippen molar-refractivity contribution in [1.82, 2.24) is 15.2 Å². The van der Waals surface area contributed by atoms with E-state index in [1.54, 1.807) is 11.3 Å². The average molecular weight is 336 g/mol. The fourth-order valence-electron chi connectivity index (χ4n) is 2.94. The topological polar surface area (TPSA) is 28.2 Å². The van der Waals surface area contributed by atoms with Gasteiger partial charge in [-0.2, -0.15) is 0 Å². The lowest BCUT2D eigenvalue weighted by atomic mass is 10.1. The summed E-state index contributed by atoms with van der Waals surface area (Å²) in [4.78, 5) is 7.30. The first-order chi connectivity index (χ1) is 10.7. The van der Waals surface area contributed by atoms with Crippen molar-refractivity contribution < 1.29 is 0 Å². The van der Waals surface area contributed by atoms with Crippen LogP contribution in [0.1, 0.15) is 29.1 Å². The van der Waals surface area contributed by atoms with Gasteiger partial charge >= 0.3 is 0 Å². The molecule has 1 aliphatic rings. The van der Waals surface area contributed by atoms with Crippen molar-refractivity contribution in [3.8, 4) is 0 Å². The molecule has 0 amide bonds. The zero-order valence-electron chi connectivity index (χ0n) is 12.9. The highest BCUT2D eigenvalue weighted by atomic mass is 35.5. The molecule has 0 radical (unpaired) electrons. The van der Waals surface area contributed by atoms with Gasteiger partial charge in [-0.3, -0.25) is 4.90 Å². The first-order valence-corrected chi connectivity index (χ1v) is 9.06. The summed E-state index contributed by atoms with van der Waals surface area (Å²) in [5.41, 5.74) is 2.46. The summed E-state index contributed by atoms with van der Waals surface area (Å²) in [6.07, 6.45) is 3.44. The Bertz CT molecular complexity index is 596. The molecule has 0 bridgehead atoms. The van der Waals surface area contributed by atoms with Crippen LogP contribution >= 0.6 is 22.9 Å². The van der Waals surface area contributed by atoms with Crippen LogP contribution in [0.2, 0.25) is 5.02 Å². The van der Waals surface area contributed by atoms with E-state index < -0.39 is 0 Å². The summed E-state index contributed by atoms with van der Waals surface area (Å²) >= 11 is 7.68. The molecule has 3 rings (SSSR count). The van der Waals surface area contributed by atoms with Gasteiger partial charge in [0.05, 0.1) is 10.7 Å². The van der Waals surface area contributed by atoms with Crippen molar-refractivity contribution in [3.63, 3.8) is 0 Å². The Hall–Kier alpha value is -0.940. The van der Waals surface area contributed by atoms with E-state index in [9.17, 15) is 0 Å². The van der Waals surface area contributed by atoms with Gasteiger partial charge in [0.1, 0.15) is 0 Å². The molecule has 1 unspecified atom stereocenters. The number of nitrogens with zero attached hydrogens (tertiary/aromatic N) is 2. The van der Waals surface area contributed by atoms with Gasteiger partial charge in [0.2, 0.25) is 0 Å². The van der Waals surface area contributed by atoms with Gasteiger partial charge in [-0.05, 0) is 44.1 Å². The molecule has 2 aromatic rings. The number of hydrogen-bond donors (Lipinski definition) is 1. The summed E-state index contributed by atoms with van der Waals surface area (Å²) in [5.74, 6) is 0. The molecule has 118 valence electrons. The van der Waals surface area contributed by atoms with E-state index in [4.69, 9.17) is 16.6 Å². The maximum atomic E-state index is 5.93. The average Bonchev–Trinajstić information content (AvgIpc) is 2.97. The molecule has 2 heterocycles. The second kappa shape index (κ2) is 7.55. The third kappa shape index (κ3) is 4.29. The van der Waals surface area contributed by atoms with Crippen molar-refractivity contribution in [2.45, 2.75) is 31.8 Å². The Labute approximate surface area is 141 Å². The SMILES string of the molecule is CNC1CCCN(Cc2csc(Cc3ccc(Cl)cc3)n2)C1. The van der Waals surface area contributed by atoms with Crippen LogP contribution < -0.4 is 5.32 Å². The second-order valence-electron chi connectivity index (χ2n) is 5.90. The van der Waals surface area contributed by atoms with Crippen molar-refractivity contribution >= 4 is 22.9 Å². The van der Waals surface area contributed by atoms with E-state index in [0.717, 1.165) is 24.5 Å². The predicted octanol–water partition coefficient (Wildman–Crippen LogP) is 3.57. The molecule has 1 aromatic carbocycles. The lowest BCUT2D eigenvalue weighted by Gasteiger charge is -2.31. The molecular formula is C17H22ClN3S. The second-order valence-corrected chi connectivity index (χ2v) is 7.28. The number of likely N-dealkylation sites (N-methyl/N-ethyl adjacent to an activating group) is 1. The smallest absolute Gasteiger partial charge is 0.0972 e. The maximum Gasteiger partial charge on any atom is 0.0972 e. The molecule has 1 fully saturated rings. The molecule has 5 heteroatoms. The third-order valence-corrected chi connectivity index (χ3v) is 5.32. The molecule has 1 N–H and O–H groups in total. The molecule has 1 aromatic heterocycles. The van der Waals surface area contributed by atoms with Crippen LogP contribution in [0.3, 0.4) is 0 Å². The highest BCUT2D eigenvalue weighted by molar-refractivity contribution is 7.09. The van der Waals surface area contributed by atoms with Gasteiger partial charge in [-0.25, -0.2) is 4.98 Å². The molecule has 22 heavy (non-hydrogen) atoms. The minimum atomic E-state index is 0.626.